The second-order valence-electron chi connectivity index (χ2n) is 2.91. The van der Waals surface area contributed by atoms with Gasteiger partial charge in [-0.3, -0.25) is 0 Å². The summed E-state index contributed by atoms with van der Waals surface area (Å²) >= 11 is 5.87. The van der Waals surface area contributed by atoms with Crippen molar-refractivity contribution in [3.63, 3.8) is 0 Å². The first-order valence-electron chi connectivity index (χ1n) is 3.91. The third-order valence-electron chi connectivity index (χ3n) is 2.10. The van der Waals surface area contributed by atoms with Crippen molar-refractivity contribution < 1.29 is 4.39 Å². The number of nitrogens with one attached hydrogen (secondary N) is 1. The fraction of sp³-hybridized carbons (Fsp3) is 0.333. The minimum atomic E-state index is -0.956. The highest BCUT2D eigenvalue weighted by Crippen LogP contribution is 2.31. The number of hydrogen-bond acceptors (Lipinski definition) is 1. The van der Waals surface area contributed by atoms with Crippen molar-refractivity contribution >= 4 is 11.6 Å². The third kappa shape index (κ3) is 1.21. The Balaban J connectivity index is 2.53. The van der Waals surface area contributed by atoms with Crippen LogP contribution in [-0.4, -0.2) is 6.54 Å². The lowest BCUT2D eigenvalue weighted by Crippen LogP contribution is -2.26. The fourth-order valence-electron chi connectivity index (χ4n) is 1.52. The molecular weight excluding hydrogens is 177 g/mol. The second-order valence-corrected chi connectivity index (χ2v) is 3.32. The third-order valence-corrected chi connectivity index (χ3v) is 2.43. The molecule has 1 aromatic carbocycles. The first-order chi connectivity index (χ1) is 5.79. The first kappa shape index (κ1) is 8.02. The van der Waals surface area contributed by atoms with E-state index < -0.39 is 6.17 Å². The molecule has 0 radical (unpaired) electrons. The van der Waals surface area contributed by atoms with Gasteiger partial charge >= 0.3 is 0 Å². The van der Waals surface area contributed by atoms with Gasteiger partial charge in [-0.15, -0.1) is 0 Å². The number of hydrogen-bond donors (Lipinski definition) is 1. The van der Waals surface area contributed by atoms with Crippen LogP contribution in [-0.2, 0) is 6.54 Å². The van der Waals surface area contributed by atoms with Gasteiger partial charge in [0.15, 0.2) is 0 Å². The zero-order valence-electron chi connectivity index (χ0n) is 6.48. The summed E-state index contributed by atoms with van der Waals surface area (Å²) in [6.07, 6.45) is -0.956. The van der Waals surface area contributed by atoms with Crippen molar-refractivity contribution in [3.8, 4) is 0 Å². The number of benzene rings is 1. The van der Waals surface area contributed by atoms with Gasteiger partial charge in [-0.1, -0.05) is 23.7 Å². The van der Waals surface area contributed by atoms with E-state index in [1.807, 2.05) is 12.1 Å². The summed E-state index contributed by atoms with van der Waals surface area (Å²) in [7, 11) is 0. The van der Waals surface area contributed by atoms with Crippen molar-refractivity contribution in [3.05, 3.63) is 34.3 Å². The molecule has 1 heterocycles. The molecule has 1 unspecified atom stereocenters. The van der Waals surface area contributed by atoms with Crippen LogP contribution in [0.1, 0.15) is 17.3 Å². The zero-order chi connectivity index (χ0) is 8.55. The maximum absolute atomic E-state index is 13.3. The molecule has 0 saturated heterocycles. The van der Waals surface area contributed by atoms with E-state index in [9.17, 15) is 4.39 Å². The van der Waals surface area contributed by atoms with E-state index in [2.05, 4.69) is 5.32 Å². The highest BCUT2D eigenvalue weighted by Gasteiger charge is 2.21. The van der Waals surface area contributed by atoms with E-state index in [1.165, 1.54) is 0 Å². The number of alkyl halides is 1. The quantitative estimate of drug-likeness (QED) is 0.655. The van der Waals surface area contributed by atoms with E-state index in [1.54, 1.807) is 6.07 Å². The molecule has 1 N–H and O–H groups in total. The minimum absolute atomic E-state index is 0.372. The van der Waals surface area contributed by atoms with Gasteiger partial charge in [-0.2, -0.15) is 0 Å². The minimum Gasteiger partial charge on any atom is -0.309 e. The lowest BCUT2D eigenvalue weighted by atomic mass is 10.00. The normalized spacial score (nSPS) is 22.0. The standard InChI is InChI=1S/C9H9ClFN/c10-7-3-1-2-6-4-12-5-8(11)9(6)7/h1-3,8,12H,4-5H2. The van der Waals surface area contributed by atoms with Crippen molar-refractivity contribution in [2.75, 3.05) is 6.54 Å². The summed E-state index contributed by atoms with van der Waals surface area (Å²) in [5.74, 6) is 0. The largest absolute Gasteiger partial charge is 0.309 e. The van der Waals surface area contributed by atoms with Crippen LogP contribution < -0.4 is 5.32 Å². The average Bonchev–Trinajstić information content (AvgIpc) is 2.04. The van der Waals surface area contributed by atoms with E-state index in [0.29, 0.717) is 17.1 Å². The summed E-state index contributed by atoms with van der Waals surface area (Å²) in [6, 6.07) is 5.49. The van der Waals surface area contributed by atoms with Crippen LogP contribution in [0.15, 0.2) is 18.2 Å². The molecular formula is C9H9ClFN. The average molecular weight is 186 g/mol. The molecule has 0 spiro atoms. The summed E-state index contributed by atoms with van der Waals surface area (Å²) in [5, 5.41) is 3.53. The summed E-state index contributed by atoms with van der Waals surface area (Å²) in [4.78, 5) is 0. The molecule has 1 nitrogen and oxygen atoms in total. The molecule has 0 fully saturated rings. The van der Waals surface area contributed by atoms with Crippen LogP contribution in [0, 0.1) is 0 Å². The van der Waals surface area contributed by atoms with Gasteiger partial charge in [-0.05, 0) is 11.6 Å². The van der Waals surface area contributed by atoms with Crippen molar-refractivity contribution in [2.24, 2.45) is 0 Å². The fourth-order valence-corrected chi connectivity index (χ4v) is 1.83. The lowest BCUT2D eigenvalue weighted by molar-refractivity contribution is 0.310. The Morgan fingerprint density at radius 1 is 1.50 bits per heavy atom. The van der Waals surface area contributed by atoms with E-state index in [4.69, 9.17) is 11.6 Å². The Bertz CT molecular complexity index is 301. The molecule has 0 aromatic heterocycles. The van der Waals surface area contributed by atoms with Crippen LogP contribution in [0.25, 0.3) is 0 Å². The van der Waals surface area contributed by atoms with Crippen LogP contribution in [0.5, 0.6) is 0 Å². The molecule has 1 atom stereocenters. The molecule has 0 aliphatic carbocycles. The summed E-state index contributed by atoms with van der Waals surface area (Å²) in [5.41, 5.74) is 1.64. The van der Waals surface area contributed by atoms with Gasteiger partial charge in [0.05, 0.1) is 0 Å². The Kier molecular flexibility index (Phi) is 2.03. The lowest BCUT2D eigenvalue weighted by Gasteiger charge is -2.21. The number of rotatable bonds is 0. The zero-order valence-corrected chi connectivity index (χ0v) is 7.24. The predicted molar refractivity (Wildman–Crippen MR) is 47.0 cm³/mol. The number of halogens is 2. The Labute approximate surface area is 75.5 Å². The smallest absolute Gasteiger partial charge is 0.139 e. The van der Waals surface area contributed by atoms with Gasteiger partial charge in [0.1, 0.15) is 6.17 Å². The molecule has 12 heavy (non-hydrogen) atoms. The molecule has 2 rings (SSSR count). The molecule has 3 heteroatoms. The molecule has 64 valence electrons. The maximum Gasteiger partial charge on any atom is 0.139 e. The van der Waals surface area contributed by atoms with E-state index in [0.717, 1.165) is 12.1 Å². The molecule has 0 amide bonds. The molecule has 0 saturated carbocycles. The topological polar surface area (TPSA) is 12.0 Å². The molecule has 0 bridgehead atoms. The van der Waals surface area contributed by atoms with Gasteiger partial charge in [0.25, 0.3) is 0 Å². The Morgan fingerprint density at radius 2 is 2.33 bits per heavy atom. The Morgan fingerprint density at radius 3 is 3.08 bits per heavy atom. The maximum atomic E-state index is 13.3. The molecule has 1 aliphatic heterocycles. The van der Waals surface area contributed by atoms with Crippen LogP contribution in [0.2, 0.25) is 5.02 Å². The van der Waals surface area contributed by atoms with Gasteiger partial charge in [0.2, 0.25) is 0 Å². The van der Waals surface area contributed by atoms with E-state index in [-0.39, 0.29) is 0 Å². The second kappa shape index (κ2) is 3.04. The summed E-state index contributed by atoms with van der Waals surface area (Å²) in [6.45, 7) is 1.09. The monoisotopic (exact) mass is 185 g/mol. The van der Waals surface area contributed by atoms with Gasteiger partial charge < -0.3 is 5.32 Å². The van der Waals surface area contributed by atoms with Gasteiger partial charge in [-0.25, -0.2) is 4.39 Å². The van der Waals surface area contributed by atoms with E-state index >= 15 is 0 Å². The predicted octanol–water partition coefficient (Wildman–Crippen LogP) is 2.45. The first-order valence-corrected chi connectivity index (χ1v) is 4.29. The Hall–Kier alpha value is -0.600. The van der Waals surface area contributed by atoms with Gasteiger partial charge in [0, 0.05) is 23.7 Å². The van der Waals surface area contributed by atoms with Crippen LogP contribution in [0.3, 0.4) is 0 Å². The highest BCUT2D eigenvalue weighted by atomic mass is 35.5. The number of fused-ring (bicyclic) bond motifs is 1. The molecule has 1 aliphatic rings. The van der Waals surface area contributed by atoms with Crippen LogP contribution in [0.4, 0.5) is 4.39 Å². The van der Waals surface area contributed by atoms with Crippen molar-refractivity contribution in [1.29, 1.82) is 0 Å². The summed E-state index contributed by atoms with van der Waals surface area (Å²) < 4.78 is 13.3. The highest BCUT2D eigenvalue weighted by molar-refractivity contribution is 6.31. The van der Waals surface area contributed by atoms with Crippen molar-refractivity contribution in [1.82, 2.24) is 5.32 Å². The van der Waals surface area contributed by atoms with Crippen LogP contribution >= 0.6 is 11.6 Å². The van der Waals surface area contributed by atoms with Crippen molar-refractivity contribution in [2.45, 2.75) is 12.7 Å². The SMILES string of the molecule is FC1CNCc2cccc(Cl)c21. The molecule has 1 aromatic rings.